The minimum atomic E-state index is -0.673. The summed E-state index contributed by atoms with van der Waals surface area (Å²) in [5.74, 6) is -0.178. The minimum absolute atomic E-state index is 0.0790. The topological polar surface area (TPSA) is 125 Å². The van der Waals surface area contributed by atoms with Crippen LogP contribution >= 0.6 is 11.6 Å². The zero-order valence-corrected chi connectivity index (χ0v) is 20.6. The fraction of sp³-hybridized carbons (Fsp3) is 0.192. The summed E-state index contributed by atoms with van der Waals surface area (Å²) in [6.07, 6.45) is 10.8. The van der Waals surface area contributed by atoms with Crippen LogP contribution in [-0.2, 0) is 0 Å². The maximum Gasteiger partial charge on any atom is 0.217 e. The van der Waals surface area contributed by atoms with Crippen molar-refractivity contribution in [2.45, 2.75) is 25.3 Å². The van der Waals surface area contributed by atoms with E-state index in [1.165, 1.54) is 23.3 Å². The smallest absolute Gasteiger partial charge is 0.217 e. The highest BCUT2D eigenvalue weighted by Crippen LogP contribution is 2.39. The molecule has 0 saturated heterocycles. The maximum atomic E-state index is 15.2. The van der Waals surface area contributed by atoms with E-state index in [0.717, 1.165) is 35.1 Å². The van der Waals surface area contributed by atoms with E-state index in [-0.39, 0.29) is 16.6 Å². The van der Waals surface area contributed by atoms with Crippen molar-refractivity contribution in [3.8, 4) is 34.0 Å². The Hall–Kier alpha value is -4.69. The first kappa shape index (κ1) is 23.7. The molecule has 1 atom stereocenters. The molecule has 5 aromatic rings. The summed E-state index contributed by atoms with van der Waals surface area (Å²) >= 11 is 6.08. The van der Waals surface area contributed by atoms with Crippen LogP contribution in [0.1, 0.15) is 36.7 Å². The van der Waals surface area contributed by atoms with Gasteiger partial charge in [0.25, 0.3) is 0 Å². The Bertz CT molecular complexity index is 1670. The van der Waals surface area contributed by atoms with Gasteiger partial charge in [-0.15, -0.1) is 5.10 Å². The van der Waals surface area contributed by atoms with Gasteiger partial charge in [0.05, 0.1) is 28.0 Å². The fourth-order valence-corrected chi connectivity index (χ4v) is 4.70. The van der Waals surface area contributed by atoms with Gasteiger partial charge in [-0.25, -0.2) is 9.37 Å². The molecule has 0 bridgehead atoms. The number of tetrazole rings is 1. The number of hydrogen-bond donors (Lipinski definition) is 0. The summed E-state index contributed by atoms with van der Waals surface area (Å²) in [6.45, 7) is 0. The van der Waals surface area contributed by atoms with Crippen LogP contribution in [0, 0.1) is 28.3 Å². The van der Waals surface area contributed by atoms with Gasteiger partial charge in [-0.05, 0) is 58.7 Å². The first-order valence-corrected chi connectivity index (χ1v) is 12.2. The van der Waals surface area contributed by atoms with Crippen molar-refractivity contribution in [2.24, 2.45) is 5.92 Å². The van der Waals surface area contributed by atoms with Crippen molar-refractivity contribution in [3.05, 3.63) is 94.9 Å². The van der Waals surface area contributed by atoms with E-state index in [1.54, 1.807) is 41.3 Å². The van der Waals surface area contributed by atoms with E-state index < -0.39 is 5.82 Å². The van der Waals surface area contributed by atoms with Crippen molar-refractivity contribution in [1.82, 2.24) is 35.0 Å². The van der Waals surface area contributed by atoms with Crippen LogP contribution in [-0.4, -0.2) is 35.0 Å². The maximum absolute atomic E-state index is 15.2. The molecule has 1 aliphatic rings. The number of nitriles is 1. The van der Waals surface area contributed by atoms with Gasteiger partial charge in [0.1, 0.15) is 24.1 Å². The quantitative estimate of drug-likeness (QED) is 0.228. The van der Waals surface area contributed by atoms with Gasteiger partial charge < -0.3 is 5.21 Å². The highest BCUT2D eigenvalue weighted by atomic mass is 35.5. The minimum Gasteiger partial charge on any atom is -0.618 e. The Morgan fingerprint density at radius 2 is 2.05 bits per heavy atom. The molecule has 1 unspecified atom stereocenters. The molecule has 4 aromatic heterocycles. The van der Waals surface area contributed by atoms with Gasteiger partial charge in [-0.1, -0.05) is 24.4 Å². The molecule has 4 heterocycles. The first-order chi connectivity index (χ1) is 18.5. The molecule has 1 fully saturated rings. The van der Waals surface area contributed by atoms with Crippen molar-refractivity contribution in [2.75, 3.05) is 0 Å². The second-order valence-corrected chi connectivity index (χ2v) is 9.53. The summed E-state index contributed by atoms with van der Waals surface area (Å²) in [7, 11) is 0. The SMILES string of the molecule is N#Cc1cc(-c2cnn(C(CC3CC3)c3ccc(-c4c(-n5cnnn5)ccc(Cl)c4F)c[n+]3[O-])c2)ccn1. The molecule has 1 saturated carbocycles. The normalized spacial score (nSPS) is 13.8. The number of nitrogens with zero attached hydrogens (tertiary/aromatic N) is 9. The Balaban J connectivity index is 1.39. The largest absolute Gasteiger partial charge is 0.618 e. The molecule has 10 nitrogen and oxygen atoms in total. The van der Waals surface area contributed by atoms with E-state index in [0.29, 0.717) is 28.6 Å². The van der Waals surface area contributed by atoms with E-state index in [2.05, 4.69) is 25.6 Å². The average Bonchev–Trinajstić information content (AvgIpc) is 3.37. The first-order valence-electron chi connectivity index (χ1n) is 11.9. The number of aromatic nitrogens is 8. The van der Waals surface area contributed by atoms with Crippen LogP contribution < -0.4 is 4.73 Å². The second kappa shape index (κ2) is 9.64. The van der Waals surface area contributed by atoms with Crippen molar-refractivity contribution >= 4 is 11.6 Å². The van der Waals surface area contributed by atoms with Crippen LogP contribution in [0.5, 0.6) is 0 Å². The molecule has 0 radical (unpaired) electrons. The number of halogens is 2. The lowest BCUT2D eigenvalue weighted by Gasteiger charge is -2.18. The van der Waals surface area contributed by atoms with Crippen LogP contribution in [0.25, 0.3) is 27.9 Å². The standard InChI is InChI=1S/C26H19ClFN9O/c27-21-4-6-23(36-15-31-33-34-36)25(26(21)28)18-3-5-22(37(38)14-18)24(9-16-1-2-16)35-13-19(12-32-35)17-7-8-30-20(10-17)11-29/h3-8,10,12-16,24H,1-2,9H2. The zero-order valence-electron chi connectivity index (χ0n) is 19.8. The predicted octanol–water partition coefficient (Wildman–Crippen LogP) is 4.27. The van der Waals surface area contributed by atoms with Crippen LogP contribution in [0.15, 0.2) is 67.5 Å². The molecule has 0 N–H and O–H groups in total. The number of rotatable bonds is 7. The van der Waals surface area contributed by atoms with Gasteiger partial charge in [0, 0.05) is 24.0 Å². The molecule has 0 aliphatic heterocycles. The van der Waals surface area contributed by atoms with Crippen molar-refractivity contribution < 1.29 is 9.12 Å². The monoisotopic (exact) mass is 527 g/mol. The summed E-state index contributed by atoms with van der Waals surface area (Å²) in [4.78, 5) is 4.02. The molecule has 188 valence electrons. The summed E-state index contributed by atoms with van der Waals surface area (Å²) in [6, 6.07) is 11.6. The molecule has 1 aromatic carbocycles. The third-order valence-corrected chi connectivity index (χ3v) is 6.92. The molecule has 6 rings (SSSR count). The van der Waals surface area contributed by atoms with Crippen LogP contribution in [0.3, 0.4) is 0 Å². The number of pyridine rings is 2. The van der Waals surface area contributed by atoms with Gasteiger partial charge in [0.15, 0.2) is 12.0 Å². The molecule has 1 aliphatic carbocycles. The van der Waals surface area contributed by atoms with Gasteiger partial charge in [-0.2, -0.15) is 19.8 Å². The van der Waals surface area contributed by atoms with Crippen molar-refractivity contribution in [3.63, 3.8) is 0 Å². The third kappa shape index (κ3) is 4.46. The third-order valence-electron chi connectivity index (χ3n) is 6.63. The molecule has 38 heavy (non-hydrogen) atoms. The zero-order chi connectivity index (χ0) is 26.2. The van der Waals surface area contributed by atoms with Gasteiger partial charge in [-0.3, -0.25) is 4.68 Å². The summed E-state index contributed by atoms with van der Waals surface area (Å²) in [5, 5.41) is 38.2. The molecular formula is C26H19ClFN9O. The van der Waals surface area contributed by atoms with Gasteiger partial charge in [0.2, 0.25) is 5.69 Å². The Morgan fingerprint density at radius 3 is 2.79 bits per heavy atom. The lowest BCUT2D eigenvalue weighted by Crippen LogP contribution is -2.35. The van der Waals surface area contributed by atoms with Crippen LogP contribution in [0.4, 0.5) is 4.39 Å². The lowest BCUT2D eigenvalue weighted by molar-refractivity contribution is -0.615. The van der Waals surface area contributed by atoms with Gasteiger partial charge >= 0.3 is 0 Å². The Morgan fingerprint density at radius 1 is 1.18 bits per heavy atom. The molecule has 12 heteroatoms. The lowest BCUT2D eigenvalue weighted by atomic mass is 10.0. The number of hydrogen-bond acceptors (Lipinski definition) is 7. The molecule has 0 amide bonds. The highest BCUT2D eigenvalue weighted by molar-refractivity contribution is 6.31. The summed E-state index contributed by atoms with van der Waals surface area (Å²) in [5.41, 5.74) is 3.22. The highest BCUT2D eigenvalue weighted by Gasteiger charge is 2.32. The predicted molar refractivity (Wildman–Crippen MR) is 134 cm³/mol. The van der Waals surface area contributed by atoms with Crippen molar-refractivity contribution in [1.29, 1.82) is 5.26 Å². The van der Waals surface area contributed by atoms with E-state index in [9.17, 15) is 10.5 Å². The van der Waals surface area contributed by atoms with E-state index in [1.807, 2.05) is 18.3 Å². The second-order valence-electron chi connectivity index (χ2n) is 9.12. The number of benzene rings is 1. The Kier molecular flexibility index (Phi) is 6.01. The molecule has 0 spiro atoms. The van der Waals surface area contributed by atoms with E-state index >= 15 is 4.39 Å². The fourth-order valence-electron chi connectivity index (χ4n) is 4.54. The summed E-state index contributed by atoms with van der Waals surface area (Å²) < 4.78 is 19.1. The van der Waals surface area contributed by atoms with E-state index in [4.69, 9.17) is 11.6 Å². The average molecular weight is 528 g/mol. The Labute approximate surface area is 221 Å². The van der Waals surface area contributed by atoms with Crippen LogP contribution in [0.2, 0.25) is 5.02 Å². The molecular weight excluding hydrogens is 509 g/mol.